The molecule has 29 heavy (non-hydrogen) atoms. The highest BCUT2D eigenvalue weighted by atomic mass is 127. The van der Waals surface area contributed by atoms with Gasteiger partial charge in [0.1, 0.15) is 18.1 Å². The largest absolute Gasteiger partial charge is 0.495 e. The van der Waals surface area contributed by atoms with Crippen molar-refractivity contribution in [2.75, 3.05) is 45.3 Å². The van der Waals surface area contributed by atoms with Crippen LogP contribution in [0.5, 0.6) is 11.5 Å². The van der Waals surface area contributed by atoms with Gasteiger partial charge in [0.2, 0.25) is 0 Å². The predicted molar refractivity (Wildman–Crippen MR) is 128 cm³/mol. The number of guanidine groups is 1. The van der Waals surface area contributed by atoms with Crippen LogP contribution in [0.2, 0.25) is 0 Å². The van der Waals surface area contributed by atoms with Gasteiger partial charge in [-0.2, -0.15) is 0 Å². The second-order valence-corrected chi connectivity index (χ2v) is 6.64. The number of halogens is 1. The Hall–Kier alpha value is -2.23. The fraction of sp³-hybridized carbons (Fsp3) is 0.429. The lowest BCUT2D eigenvalue weighted by Crippen LogP contribution is -2.51. The fourth-order valence-corrected chi connectivity index (χ4v) is 3.36. The fourth-order valence-electron chi connectivity index (χ4n) is 3.36. The molecule has 0 radical (unpaired) electrons. The summed E-state index contributed by atoms with van der Waals surface area (Å²) in [6.07, 6.45) is 5.67. The van der Waals surface area contributed by atoms with E-state index >= 15 is 0 Å². The first-order valence-corrected chi connectivity index (χ1v) is 9.68. The van der Waals surface area contributed by atoms with Gasteiger partial charge in [-0.1, -0.05) is 12.1 Å². The average molecular weight is 511 g/mol. The quantitative estimate of drug-likeness (QED) is 0.258. The van der Waals surface area contributed by atoms with Gasteiger partial charge in [0.25, 0.3) is 0 Å². The van der Waals surface area contributed by atoms with E-state index in [1.165, 1.54) is 0 Å². The molecule has 1 aliphatic rings. The zero-order valence-corrected chi connectivity index (χ0v) is 19.3. The monoisotopic (exact) mass is 511 g/mol. The maximum atomic E-state index is 5.66. The SMILES string of the molecule is CN=C(NCCOc1cccnc1)NC1CCCN(c2ccccc2OC)C1.I. The van der Waals surface area contributed by atoms with Gasteiger partial charge in [-0.05, 0) is 37.1 Å². The molecule has 1 aromatic heterocycles. The van der Waals surface area contributed by atoms with Gasteiger partial charge >= 0.3 is 0 Å². The van der Waals surface area contributed by atoms with Crippen molar-refractivity contribution in [3.8, 4) is 11.5 Å². The number of aliphatic imine (C=N–C) groups is 1. The third kappa shape index (κ3) is 6.95. The average Bonchev–Trinajstić information content (AvgIpc) is 2.76. The van der Waals surface area contributed by atoms with Crippen LogP contribution in [-0.2, 0) is 0 Å². The number of hydrogen-bond acceptors (Lipinski definition) is 5. The Balaban J connectivity index is 0.00000300. The zero-order chi connectivity index (χ0) is 19.6. The molecule has 2 N–H and O–H groups in total. The van der Waals surface area contributed by atoms with E-state index in [9.17, 15) is 0 Å². The molecule has 1 atom stereocenters. The molecule has 0 spiro atoms. The van der Waals surface area contributed by atoms with Crippen LogP contribution in [0.15, 0.2) is 53.8 Å². The third-order valence-corrected chi connectivity index (χ3v) is 4.71. The van der Waals surface area contributed by atoms with Crippen LogP contribution in [-0.4, -0.2) is 57.4 Å². The van der Waals surface area contributed by atoms with Gasteiger partial charge in [-0.15, -0.1) is 24.0 Å². The van der Waals surface area contributed by atoms with Crippen LogP contribution in [0.1, 0.15) is 12.8 Å². The van der Waals surface area contributed by atoms with Crippen molar-refractivity contribution in [1.29, 1.82) is 0 Å². The van der Waals surface area contributed by atoms with Gasteiger partial charge in [0, 0.05) is 32.4 Å². The molecule has 1 saturated heterocycles. The van der Waals surface area contributed by atoms with E-state index in [2.05, 4.69) is 37.6 Å². The van der Waals surface area contributed by atoms with Crippen molar-refractivity contribution >= 4 is 35.6 Å². The van der Waals surface area contributed by atoms with Crippen LogP contribution in [0.3, 0.4) is 0 Å². The number of piperidine rings is 1. The third-order valence-electron chi connectivity index (χ3n) is 4.71. The molecular weight excluding hydrogens is 481 g/mol. The number of rotatable bonds is 7. The van der Waals surface area contributed by atoms with E-state index in [0.29, 0.717) is 19.2 Å². The number of pyridine rings is 1. The van der Waals surface area contributed by atoms with Crippen LogP contribution >= 0.6 is 24.0 Å². The minimum absolute atomic E-state index is 0. The molecule has 0 bridgehead atoms. The summed E-state index contributed by atoms with van der Waals surface area (Å²) in [7, 11) is 3.51. The van der Waals surface area contributed by atoms with Crippen molar-refractivity contribution in [1.82, 2.24) is 15.6 Å². The number of ether oxygens (including phenoxy) is 2. The molecule has 1 unspecified atom stereocenters. The maximum absolute atomic E-state index is 5.66. The van der Waals surface area contributed by atoms with E-state index in [1.807, 2.05) is 24.3 Å². The number of nitrogens with zero attached hydrogens (tertiary/aromatic N) is 3. The first kappa shape index (κ1) is 23.1. The Morgan fingerprint density at radius 3 is 2.90 bits per heavy atom. The van der Waals surface area contributed by atoms with Crippen molar-refractivity contribution < 1.29 is 9.47 Å². The van der Waals surface area contributed by atoms with Crippen LogP contribution < -0.4 is 25.0 Å². The Labute approximate surface area is 189 Å². The Morgan fingerprint density at radius 1 is 1.28 bits per heavy atom. The number of para-hydroxylation sites is 2. The number of hydrogen-bond donors (Lipinski definition) is 2. The second-order valence-electron chi connectivity index (χ2n) is 6.64. The topological polar surface area (TPSA) is 71.0 Å². The van der Waals surface area contributed by atoms with Crippen molar-refractivity contribution in [2.45, 2.75) is 18.9 Å². The first-order chi connectivity index (χ1) is 13.8. The van der Waals surface area contributed by atoms with E-state index in [0.717, 1.165) is 49.1 Å². The minimum atomic E-state index is 0. The molecule has 0 saturated carbocycles. The second kappa shape index (κ2) is 12.4. The number of anilines is 1. The van der Waals surface area contributed by atoms with Crippen LogP contribution in [0, 0.1) is 0 Å². The van der Waals surface area contributed by atoms with Crippen LogP contribution in [0.25, 0.3) is 0 Å². The summed E-state index contributed by atoms with van der Waals surface area (Å²) in [6, 6.07) is 12.3. The Bertz CT molecular complexity index is 760. The number of nitrogens with one attached hydrogen (secondary N) is 2. The molecule has 7 nitrogen and oxygen atoms in total. The highest BCUT2D eigenvalue weighted by Crippen LogP contribution is 2.29. The highest BCUT2D eigenvalue weighted by Gasteiger charge is 2.22. The van der Waals surface area contributed by atoms with Crippen LogP contribution in [0.4, 0.5) is 5.69 Å². The lowest BCUT2D eigenvalue weighted by Gasteiger charge is -2.36. The summed E-state index contributed by atoms with van der Waals surface area (Å²) in [6.45, 7) is 3.15. The van der Waals surface area contributed by atoms with Gasteiger partial charge < -0.3 is 25.0 Å². The molecule has 0 amide bonds. The van der Waals surface area contributed by atoms with Gasteiger partial charge in [-0.25, -0.2) is 0 Å². The molecule has 2 heterocycles. The van der Waals surface area contributed by atoms with Gasteiger partial charge in [0.15, 0.2) is 5.96 Å². The normalized spacial score (nSPS) is 16.6. The molecule has 1 fully saturated rings. The summed E-state index contributed by atoms with van der Waals surface area (Å²) < 4.78 is 11.2. The number of aromatic nitrogens is 1. The molecule has 2 aromatic rings. The van der Waals surface area contributed by atoms with E-state index in [4.69, 9.17) is 9.47 Å². The minimum Gasteiger partial charge on any atom is -0.495 e. The standard InChI is InChI=1S/C21H29N5O2.HI/c1-22-21(24-12-14-28-18-8-5-11-23-15-18)25-17-7-6-13-26(16-17)19-9-3-4-10-20(19)27-2;/h3-5,8-11,15,17H,6-7,12-14,16H2,1-2H3,(H2,22,24,25);1H. The molecular formula is C21H30IN5O2. The summed E-state index contributed by atoms with van der Waals surface area (Å²) in [5.41, 5.74) is 1.14. The maximum Gasteiger partial charge on any atom is 0.191 e. The summed E-state index contributed by atoms with van der Waals surface area (Å²) in [5.74, 6) is 2.48. The van der Waals surface area contributed by atoms with E-state index < -0.39 is 0 Å². The predicted octanol–water partition coefficient (Wildman–Crippen LogP) is 2.92. The molecule has 8 heteroatoms. The molecule has 1 aliphatic heterocycles. The summed E-state index contributed by atoms with van der Waals surface area (Å²) in [5, 5.41) is 6.84. The Morgan fingerprint density at radius 2 is 2.14 bits per heavy atom. The van der Waals surface area contributed by atoms with Crippen molar-refractivity contribution in [3.05, 3.63) is 48.8 Å². The van der Waals surface area contributed by atoms with E-state index in [1.54, 1.807) is 26.6 Å². The smallest absolute Gasteiger partial charge is 0.191 e. The molecule has 158 valence electrons. The summed E-state index contributed by atoms with van der Waals surface area (Å²) >= 11 is 0. The molecule has 0 aliphatic carbocycles. The van der Waals surface area contributed by atoms with Crippen molar-refractivity contribution in [2.24, 2.45) is 4.99 Å². The molecule has 1 aromatic carbocycles. The molecule has 3 rings (SSSR count). The number of benzene rings is 1. The number of methoxy groups -OCH3 is 1. The lowest BCUT2D eigenvalue weighted by atomic mass is 10.0. The van der Waals surface area contributed by atoms with Crippen molar-refractivity contribution in [3.63, 3.8) is 0 Å². The lowest BCUT2D eigenvalue weighted by molar-refractivity contribution is 0.320. The first-order valence-electron chi connectivity index (χ1n) is 9.68. The van der Waals surface area contributed by atoms with Gasteiger partial charge in [-0.3, -0.25) is 9.98 Å². The van der Waals surface area contributed by atoms with Gasteiger partial charge in [0.05, 0.1) is 25.5 Å². The summed E-state index contributed by atoms with van der Waals surface area (Å²) in [4.78, 5) is 10.8. The van der Waals surface area contributed by atoms with E-state index in [-0.39, 0.29) is 24.0 Å². The Kier molecular flexibility index (Phi) is 9.82. The highest BCUT2D eigenvalue weighted by molar-refractivity contribution is 14.0. The zero-order valence-electron chi connectivity index (χ0n) is 17.0.